The van der Waals surface area contributed by atoms with Crippen LogP contribution in [0.25, 0.3) is 10.9 Å². The van der Waals surface area contributed by atoms with Crippen molar-refractivity contribution in [2.75, 3.05) is 12.4 Å². The van der Waals surface area contributed by atoms with Crippen molar-refractivity contribution in [1.29, 1.82) is 0 Å². The zero-order chi connectivity index (χ0) is 18.8. The van der Waals surface area contributed by atoms with Gasteiger partial charge in [0.25, 0.3) is 5.91 Å². The lowest BCUT2D eigenvalue weighted by molar-refractivity contribution is -0.387. The van der Waals surface area contributed by atoms with Crippen molar-refractivity contribution in [3.05, 3.63) is 69.7 Å². The first-order valence-electron chi connectivity index (χ1n) is 7.59. The molecule has 0 aliphatic heterocycles. The molecule has 0 atom stereocenters. The van der Waals surface area contributed by atoms with Crippen molar-refractivity contribution in [3.8, 4) is 5.75 Å². The summed E-state index contributed by atoms with van der Waals surface area (Å²) in [6.07, 6.45) is 0. The number of nitro groups is 1. The monoisotopic (exact) mass is 355 g/mol. The van der Waals surface area contributed by atoms with Crippen molar-refractivity contribution in [3.63, 3.8) is 0 Å². The fourth-order valence-electron chi connectivity index (χ4n) is 2.53. The Morgan fingerprint density at radius 3 is 2.69 bits per heavy atom. The Morgan fingerprint density at radius 2 is 2.00 bits per heavy atom. The number of benzene rings is 2. The van der Waals surface area contributed by atoms with Crippen LogP contribution in [0.3, 0.4) is 0 Å². The SMILES string of the molecule is COc1ccc2cc(C(=O)Nc3ccc(F)c([N+](=O)[O-])c3)c(C)nc2c1. The number of ether oxygens (including phenoxy) is 1. The minimum atomic E-state index is -0.967. The van der Waals surface area contributed by atoms with E-state index in [2.05, 4.69) is 10.3 Å². The molecule has 1 N–H and O–H groups in total. The van der Waals surface area contributed by atoms with Gasteiger partial charge in [-0.1, -0.05) is 0 Å². The number of fused-ring (bicyclic) bond motifs is 1. The largest absolute Gasteiger partial charge is 0.497 e. The number of carbonyl (C=O) groups excluding carboxylic acids is 1. The molecule has 0 aliphatic carbocycles. The van der Waals surface area contributed by atoms with E-state index in [-0.39, 0.29) is 5.69 Å². The third kappa shape index (κ3) is 3.30. The first-order valence-corrected chi connectivity index (χ1v) is 7.59. The summed E-state index contributed by atoms with van der Waals surface area (Å²) in [5.41, 5.74) is 0.894. The molecule has 1 heterocycles. The molecule has 0 saturated heterocycles. The second kappa shape index (κ2) is 6.75. The predicted molar refractivity (Wildman–Crippen MR) is 94.0 cm³/mol. The Labute approximate surface area is 147 Å². The van der Waals surface area contributed by atoms with Gasteiger partial charge in [0.1, 0.15) is 5.75 Å². The van der Waals surface area contributed by atoms with Gasteiger partial charge in [-0.05, 0) is 37.3 Å². The number of nitrogens with one attached hydrogen (secondary N) is 1. The van der Waals surface area contributed by atoms with E-state index in [4.69, 9.17) is 4.74 Å². The minimum Gasteiger partial charge on any atom is -0.497 e. The molecule has 7 nitrogen and oxygen atoms in total. The van der Waals surface area contributed by atoms with Crippen LogP contribution in [0.2, 0.25) is 0 Å². The minimum absolute atomic E-state index is 0.123. The second-order valence-electron chi connectivity index (χ2n) is 5.56. The van der Waals surface area contributed by atoms with E-state index in [1.807, 2.05) is 0 Å². The summed E-state index contributed by atoms with van der Waals surface area (Å²) in [4.78, 5) is 26.9. The van der Waals surface area contributed by atoms with E-state index in [1.165, 1.54) is 6.07 Å². The van der Waals surface area contributed by atoms with Gasteiger partial charge in [0, 0.05) is 23.2 Å². The number of pyridine rings is 1. The highest BCUT2D eigenvalue weighted by Gasteiger charge is 2.17. The normalized spacial score (nSPS) is 10.6. The average molecular weight is 355 g/mol. The molecule has 1 amide bonds. The molecule has 132 valence electrons. The van der Waals surface area contributed by atoms with Crippen LogP contribution in [0, 0.1) is 22.9 Å². The Morgan fingerprint density at radius 1 is 1.23 bits per heavy atom. The van der Waals surface area contributed by atoms with E-state index >= 15 is 0 Å². The van der Waals surface area contributed by atoms with Crippen LogP contribution in [0.5, 0.6) is 5.75 Å². The Balaban J connectivity index is 1.94. The van der Waals surface area contributed by atoms with Crippen LogP contribution in [0.4, 0.5) is 15.8 Å². The Hall–Kier alpha value is -3.55. The quantitative estimate of drug-likeness (QED) is 0.566. The molecule has 0 bridgehead atoms. The maximum atomic E-state index is 13.4. The van der Waals surface area contributed by atoms with Gasteiger partial charge >= 0.3 is 5.69 Å². The van der Waals surface area contributed by atoms with Crippen molar-refractivity contribution in [1.82, 2.24) is 4.98 Å². The number of methoxy groups -OCH3 is 1. The molecule has 0 unspecified atom stereocenters. The van der Waals surface area contributed by atoms with Crippen LogP contribution >= 0.6 is 0 Å². The zero-order valence-corrected chi connectivity index (χ0v) is 13.9. The van der Waals surface area contributed by atoms with E-state index in [0.29, 0.717) is 22.5 Å². The van der Waals surface area contributed by atoms with Crippen LogP contribution in [0.15, 0.2) is 42.5 Å². The molecular weight excluding hydrogens is 341 g/mol. The highest BCUT2D eigenvalue weighted by Crippen LogP contribution is 2.24. The maximum Gasteiger partial charge on any atom is 0.306 e. The summed E-state index contributed by atoms with van der Waals surface area (Å²) in [6.45, 7) is 1.68. The molecule has 2 aromatic carbocycles. The number of amides is 1. The van der Waals surface area contributed by atoms with Gasteiger partial charge in [-0.25, -0.2) is 0 Å². The number of rotatable bonds is 4. The summed E-state index contributed by atoms with van der Waals surface area (Å²) < 4.78 is 18.6. The molecule has 0 saturated carbocycles. The first-order chi connectivity index (χ1) is 12.4. The van der Waals surface area contributed by atoms with Crippen molar-refractivity contribution >= 4 is 28.2 Å². The van der Waals surface area contributed by atoms with Crippen LogP contribution in [0.1, 0.15) is 16.1 Å². The number of aromatic nitrogens is 1. The molecule has 1 aromatic heterocycles. The molecule has 0 spiro atoms. The molecule has 8 heteroatoms. The molecule has 3 rings (SSSR count). The number of nitrogens with zero attached hydrogens (tertiary/aromatic N) is 2. The van der Waals surface area contributed by atoms with Crippen molar-refractivity contribution < 1.29 is 18.8 Å². The summed E-state index contributed by atoms with van der Waals surface area (Å²) in [6, 6.07) is 10.1. The predicted octanol–water partition coefficient (Wildman–Crippen LogP) is 3.85. The third-order valence-corrected chi connectivity index (χ3v) is 3.86. The number of hydrogen-bond acceptors (Lipinski definition) is 5. The van der Waals surface area contributed by atoms with Gasteiger partial charge in [0.15, 0.2) is 0 Å². The summed E-state index contributed by atoms with van der Waals surface area (Å²) in [5, 5.41) is 14.1. The molecule has 26 heavy (non-hydrogen) atoms. The Bertz CT molecular complexity index is 1040. The number of hydrogen-bond donors (Lipinski definition) is 1. The fourth-order valence-corrected chi connectivity index (χ4v) is 2.53. The fraction of sp³-hybridized carbons (Fsp3) is 0.111. The van der Waals surface area contributed by atoms with Gasteiger partial charge in [-0.3, -0.25) is 19.9 Å². The molecule has 3 aromatic rings. The standard InChI is InChI=1S/C18H14FN3O4/c1-10-14(7-11-3-5-13(26-2)9-16(11)20-10)18(23)21-12-4-6-15(19)17(8-12)22(24)25/h3-9H,1-2H3,(H,21,23). The molecule has 0 radical (unpaired) electrons. The topological polar surface area (TPSA) is 94.4 Å². The highest BCUT2D eigenvalue weighted by molar-refractivity contribution is 6.07. The number of anilines is 1. The molecular formula is C18H14FN3O4. The first kappa shape index (κ1) is 17.3. The van der Waals surface area contributed by atoms with Gasteiger partial charge in [-0.15, -0.1) is 0 Å². The Kier molecular flexibility index (Phi) is 4.49. The number of carbonyl (C=O) groups is 1. The lowest BCUT2D eigenvalue weighted by Gasteiger charge is -2.10. The molecule has 0 fully saturated rings. The summed E-state index contributed by atoms with van der Waals surface area (Å²) >= 11 is 0. The van der Waals surface area contributed by atoms with E-state index in [9.17, 15) is 19.3 Å². The number of nitro benzene ring substituents is 1. The summed E-state index contributed by atoms with van der Waals surface area (Å²) in [5.74, 6) is -0.806. The third-order valence-electron chi connectivity index (χ3n) is 3.86. The van der Waals surface area contributed by atoms with Gasteiger partial charge in [0.2, 0.25) is 5.82 Å². The van der Waals surface area contributed by atoms with Crippen LogP contribution < -0.4 is 10.1 Å². The average Bonchev–Trinajstić information content (AvgIpc) is 2.61. The van der Waals surface area contributed by atoms with E-state index < -0.39 is 22.3 Å². The van der Waals surface area contributed by atoms with E-state index in [0.717, 1.165) is 17.5 Å². The van der Waals surface area contributed by atoms with Gasteiger partial charge in [-0.2, -0.15) is 4.39 Å². The lowest BCUT2D eigenvalue weighted by Crippen LogP contribution is -2.14. The van der Waals surface area contributed by atoms with Gasteiger partial charge < -0.3 is 10.1 Å². The number of aryl methyl sites for hydroxylation is 1. The van der Waals surface area contributed by atoms with Crippen molar-refractivity contribution in [2.45, 2.75) is 6.92 Å². The smallest absolute Gasteiger partial charge is 0.306 e. The number of halogens is 1. The van der Waals surface area contributed by atoms with Crippen LogP contribution in [-0.4, -0.2) is 22.9 Å². The van der Waals surface area contributed by atoms with Gasteiger partial charge in [0.05, 0.1) is 28.8 Å². The molecule has 0 aliphatic rings. The lowest BCUT2D eigenvalue weighted by atomic mass is 10.1. The summed E-state index contributed by atoms with van der Waals surface area (Å²) in [7, 11) is 1.55. The van der Waals surface area contributed by atoms with E-state index in [1.54, 1.807) is 38.3 Å². The van der Waals surface area contributed by atoms with Crippen LogP contribution in [-0.2, 0) is 0 Å². The maximum absolute atomic E-state index is 13.4. The van der Waals surface area contributed by atoms with Crippen molar-refractivity contribution in [2.24, 2.45) is 0 Å². The second-order valence-corrected chi connectivity index (χ2v) is 5.56. The highest BCUT2D eigenvalue weighted by atomic mass is 19.1. The zero-order valence-electron chi connectivity index (χ0n) is 13.9.